The van der Waals surface area contributed by atoms with Crippen molar-refractivity contribution in [1.29, 1.82) is 0 Å². The molecule has 0 unspecified atom stereocenters. The molecule has 1 aromatic rings. The van der Waals surface area contributed by atoms with Crippen molar-refractivity contribution in [3.8, 4) is 0 Å². The predicted molar refractivity (Wildman–Crippen MR) is 87.0 cm³/mol. The molecule has 2 aliphatic heterocycles. The molecule has 0 bridgehead atoms. The van der Waals surface area contributed by atoms with Gasteiger partial charge in [0.25, 0.3) is 0 Å². The topological polar surface area (TPSA) is 79.5 Å². The molecule has 2 aliphatic rings. The fourth-order valence-electron chi connectivity index (χ4n) is 3.71. The van der Waals surface area contributed by atoms with Gasteiger partial charge >= 0.3 is 0 Å². The number of hydrogen-bond donors (Lipinski definition) is 0. The van der Waals surface area contributed by atoms with Crippen LogP contribution in [0.25, 0.3) is 0 Å². The van der Waals surface area contributed by atoms with Crippen molar-refractivity contribution in [3.05, 3.63) is 11.7 Å². The molecule has 7 nitrogen and oxygen atoms in total. The van der Waals surface area contributed by atoms with E-state index in [0.29, 0.717) is 43.6 Å². The molecule has 0 aliphatic carbocycles. The number of rotatable bonds is 4. The van der Waals surface area contributed by atoms with Gasteiger partial charge in [-0.1, -0.05) is 5.16 Å². The Labute approximate surface area is 142 Å². The number of aromatic nitrogens is 2. The second-order valence-corrected chi connectivity index (χ2v) is 6.88. The van der Waals surface area contributed by atoms with E-state index in [2.05, 4.69) is 10.1 Å². The Kier molecular flexibility index (Phi) is 5.16. The maximum atomic E-state index is 12.7. The van der Waals surface area contributed by atoms with Crippen molar-refractivity contribution in [2.45, 2.75) is 46.0 Å². The smallest absolute Gasteiger partial charge is 0.227 e. The molecule has 3 rings (SSSR count). The lowest BCUT2D eigenvalue weighted by Gasteiger charge is -2.37. The fourth-order valence-corrected chi connectivity index (χ4v) is 3.71. The van der Waals surface area contributed by atoms with Gasteiger partial charge in [-0.3, -0.25) is 9.59 Å². The third-order valence-electron chi connectivity index (χ3n) is 5.19. The first-order valence-corrected chi connectivity index (χ1v) is 8.92. The van der Waals surface area contributed by atoms with Gasteiger partial charge in [0.15, 0.2) is 5.82 Å². The maximum Gasteiger partial charge on any atom is 0.227 e. The molecule has 2 fully saturated rings. The van der Waals surface area contributed by atoms with Gasteiger partial charge in [0.05, 0.1) is 5.92 Å². The zero-order chi connectivity index (χ0) is 17.1. The first-order chi connectivity index (χ1) is 11.6. The van der Waals surface area contributed by atoms with Crippen LogP contribution in [0.1, 0.15) is 44.3 Å². The highest BCUT2D eigenvalue weighted by molar-refractivity contribution is 5.83. The van der Waals surface area contributed by atoms with E-state index in [1.165, 1.54) is 0 Å². The second-order valence-electron chi connectivity index (χ2n) is 6.88. The van der Waals surface area contributed by atoms with Crippen LogP contribution in [0.2, 0.25) is 0 Å². The lowest BCUT2D eigenvalue weighted by atomic mass is 9.91. The van der Waals surface area contributed by atoms with Crippen molar-refractivity contribution in [3.63, 3.8) is 0 Å². The summed E-state index contributed by atoms with van der Waals surface area (Å²) in [4.78, 5) is 32.5. The molecule has 1 atom stereocenters. The summed E-state index contributed by atoms with van der Waals surface area (Å²) in [6.45, 7) is 6.63. The Morgan fingerprint density at radius 3 is 2.67 bits per heavy atom. The first-order valence-electron chi connectivity index (χ1n) is 8.92. The lowest BCUT2D eigenvalue weighted by Crippen LogP contribution is -2.48. The summed E-state index contributed by atoms with van der Waals surface area (Å²) < 4.78 is 5.19. The Morgan fingerprint density at radius 1 is 1.29 bits per heavy atom. The van der Waals surface area contributed by atoms with Crippen molar-refractivity contribution in [2.24, 2.45) is 11.8 Å². The molecule has 0 N–H and O–H groups in total. The minimum atomic E-state index is -0.0298. The number of carbonyl (C=O) groups excluding carboxylic acids is 2. The van der Waals surface area contributed by atoms with Gasteiger partial charge in [0.2, 0.25) is 17.7 Å². The zero-order valence-electron chi connectivity index (χ0n) is 14.5. The summed E-state index contributed by atoms with van der Waals surface area (Å²) in [6, 6.07) is 0. The van der Waals surface area contributed by atoms with Crippen molar-refractivity contribution in [1.82, 2.24) is 19.9 Å². The maximum absolute atomic E-state index is 12.7. The Bertz CT molecular complexity index is 592. The first kappa shape index (κ1) is 16.9. The molecule has 3 heterocycles. The van der Waals surface area contributed by atoms with Gasteiger partial charge in [-0.2, -0.15) is 4.98 Å². The SMILES string of the molecule is CCN1C[C@H](C(=O)N2CCC(Cc3nc(C)no3)CC2)CCC1=O. The van der Waals surface area contributed by atoms with Crippen molar-refractivity contribution in [2.75, 3.05) is 26.2 Å². The number of amides is 2. The van der Waals surface area contributed by atoms with Crippen molar-refractivity contribution < 1.29 is 14.1 Å². The second kappa shape index (κ2) is 7.32. The molecule has 0 spiro atoms. The standard InChI is InChI=1S/C17H26N4O3/c1-3-20-11-14(4-5-16(20)22)17(23)21-8-6-13(7-9-21)10-15-18-12(2)19-24-15/h13-14H,3-11H2,1-2H3/t14-/m1/s1. The molecule has 1 aromatic heterocycles. The van der Waals surface area contributed by atoms with Crippen LogP contribution in [0.15, 0.2) is 4.52 Å². The molecular weight excluding hydrogens is 308 g/mol. The fraction of sp³-hybridized carbons (Fsp3) is 0.765. The number of hydrogen-bond acceptors (Lipinski definition) is 5. The summed E-state index contributed by atoms with van der Waals surface area (Å²) in [5.41, 5.74) is 0. The Morgan fingerprint density at radius 2 is 2.04 bits per heavy atom. The van der Waals surface area contributed by atoms with Crippen molar-refractivity contribution >= 4 is 11.8 Å². The molecule has 0 radical (unpaired) electrons. The van der Waals surface area contributed by atoms with Gasteiger partial charge in [0, 0.05) is 39.0 Å². The zero-order valence-corrected chi connectivity index (χ0v) is 14.5. The van der Waals surface area contributed by atoms with Gasteiger partial charge in [-0.25, -0.2) is 0 Å². The highest BCUT2D eigenvalue weighted by Gasteiger charge is 2.33. The average molecular weight is 334 g/mol. The summed E-state index contributed by atoms with van der Waals surface area (Å²) >= 11 is 0. The molecule has 24 heavy (non-hydrogen) atoms. The van der Waals surface area contributed by atoms with Crippen LogP contribution in [0, 0.1) is 18.8 Å². The highest BCUT2D eigenvalue weighted by atomic mass is 16.5. The monoisotopic (exact) mass is 334 g/mol. The van der Waals surface area contributed by atoms with Crippen LogP contribution in [0.5, 0.6) is 0 Å². The summed E-state index contributed by atoms with van der Waals surface area (Å²) in [7, 11) is 0. The van der Waals surface area contributed by atoms with Gasteiger partial charge in [-0.05, 0) is 39.0 Å². The van der Waals surface area contributed by atoms with E-state index in [9.17, 15) is 9.59 Å². The van der Waals surface area contributed by atoms with Crippen LogP contribution >= 0.6 is 0 Å². The summed E-state index contributed by atoms with van der Waals surface area (Å²) in [5, 5.41) is 3.82. The molecule has 2 amide bonds. The summed E-state index contributed by atoms with van der Waals surface area (Å²) in [6.07, 6.45) is 3.92. The molecule has 2 saturated heterocycles. The predicted octanol–water partition coefficient (Wildman–Crippen LogP) is 1.42. The van der Waals surface area contributed by atoms with E-state index in [4.69, 9.17) is 4.52 Å². The number of carbonyl (C=O) groups is 2. The Hall–Kier alpha value is -1.92. The minimum absolute atomic E-state index is 0.0298. The number of aryl methyl sites for hydroxylation is 1. The lowest BCUT2D eigenvalue weighted by molar-refractivity contribution is -0.143. The third kappa shape index (κ3) is 3.76. The van der Waals surface area contributed by atoms with E-state index >= 15 is 0 Å². The van der Waals surface area contributed by atoms with Crippen LogP contribution < -0.4 is 0 Å². The molecule has 0 aromatic carbocycles. The molecule has 132 valence electrons. The van der Waals surface area contributed by atoms with E-state index in [1.807, 2.05) is 18.7 Å². The summed E-state index contributed by atoms with van der Waals surface area (Å²) in [5.74, 6) is 2.22. The quantitative estimate of drug-likeness (QED) is 0.832. The molecule has 7 heteroatoms. The number of likely N-dealkylation sites (tertiary alicyclic amines) is 2. The Balaban J connectivity index is 1.49. The van der Waals surface area contributed by atoms with Crippen LogP contribution in [-0.4, -0.2) is 57.9 Å². The van der Waals surface area contributed by atoms with Crippen LogP contribution in [-0.2, 0) is 16.0 Å². The van der Waals surface area contributed by atoms with E-state index in [1.54, 1.807) is 4.90 Å². The number of nitrogens with zero attached hydrogens (tertiary/aromatic N) is 4. The van der Waals surface area contributed by atoms with Gasteiger partial charge in [0.1, 0.15) is 0 Å². The highest BCUT2D eigenvalue weighted by Crippen LogP contribution is 2.25. The normalized spacial score (nSPS) is 22.9. The average Bonchev–Trinajstić information content (AvgIpc) is 3.00. The van der Waals surface area contributed by atoms with Crippen LogP contribution in [0.4, 0.5) is 0 Å². The molecular formula is C17H26N4O3. The van der Waals surface area contributed by atoms with Crippen LogP contribution in [0.3, 0.4) is 0 Å². The van der Waals surface area contributed by atoms with E-state index in [0.717, 1.165) is 32.4 Å². The third-order valence-corrected chi connectivity index (χ3v) is 5.19. The van der Waals surface area contributed by atoms with E-state index < -0.39 is 0 Å². The van der Waals surface area contributed by atoms with Gasteiger partial charge < -0.3 is 14.3 Å². The largest absolute Gasteiger partial charge is 0.342 e. The minimum Gasteiger partial charge on any atom is -0.342 e. The molecule has 0 saturated carbocycles. The van der Waals surface area contributed by atoms with E-state index in [-0.39, 0.29) is 17.7 Å². The van der Waals surface area contributed by atoms with Gasteiger partial charge in [-0.15, -0.1) is 0 Å². The number of piperidine rings is 2.